The molecule has 7 N–H and O–H groups in total. The lowest BCUT2D eigenvalue weighted by Crippen LogP contribution is -2.37. The zero-order valence-corrected chi connectivity index (χ0v) is 39.9. The van der Waals surface area contributed by atoms with Crippen LogP contribution in [0, 0.1) is 23.3 Å². The molecule has 0 aliphatic carbocycles. The van der Waals surface area contributed by atoms with Gasteiger partial charge in [0.2, 0.25) is 11.8 Å². The van der Waals surface area contributed by atoms with E-state index in [1.54, 1.807) is 0 Å². The van der Waals surface area contributed by atoms with Crippen LogP contribution in [-0.4, -0.2) is 83.9 Å². The highest BCUT2D eigenvalue weighted by molar-refractivity contribution is 6.31. The van der Waals surface area contributed by atoms with Gasteiger partial charge in [-0.3, -0.25) is 19.2 Å². The lowest BCUT2D eigenvalue weighted by atomic mass is 9.96. The number of imidazole rings is 1. The monoisotopic (exact) mass is 1060 g/mol. The van der Waals surface area contributed by atoms with E-state index in [0.717, 1.165) is 24.6 Å². The first kappa shape index (κ1) is 54.2. The highest BCUT2D eigenvalue weighted by atomic mass is 35.5. The van der Waals surface area contributed by atoms with E-state index in [1.165, 1.54) is 65.8 Å². The summed E-state index contributed by atoms with van der Waals surface area (Å²) in [4.78, 5) is 74.6. The van der Waals surface area contributed by atoms with Gasteiger partial charge in [-0.25, -0.2) is 36.7 Å². The first-order valence-corrected chi connectivity index (χ1v) is 22.7. The molecule has 4 aromatic carbocycles. The summed E-state index contributed by atoms with van der Waals surface area (Å²) in [7, 11) is 0. The van der Waals surface area contributed by atoms with Crippen molar-refractivity contribution in [2.24, 2.45) is 5.73 Å². The summed E-state index contributed by atoms with van der Waals surface area (Å²) in [6.07, 6.45) is 6.03. The Labute approximate surface area is 424 Å². The number of fused-ring (bicyclic) bond motifs is 2. The van der Waals surface area contributed by atoms with Crippen LogP contribution in [0.3, 0.4) is 0 Å². The van der Waals surface area contributed by atoms with Crippen LogP contribution in [0.25, 0.3) is 0 Å². The third kappa shape index (κ3) is 13.8. The Morgan fingerprint density at radius 2 is 1.21 bits per heavy atom. The molecule has 1 aromatic heterocycles. The maximum Gasteiger partial charge on any atom is 0.419 e. The number of carbonyl (C=O) groups excluding carboxylic acids is 6. The molecule has 4 aliphatic heterocycles. The normalized spacial score (nSPS) is 18.2. The van der Waals surface area contributed by atoms with Crippen LogP contribution >= 0.6 is 35.6 Å². The van der Waals surface area contributed by atoms with E-state index >= 15 is 0 Å². The highest BCUT2D eigenvalue weighted by Gasteiger charge is 2.32. The largest absolute Gasteiger partial charge is 0.492 e. The topological polar surface area (TPSA) is 243 Å². The van der Waals surface area contributed by atoms with Gasteiger partial charge < -0.3 is 51.3 Å². The number of carbonyl (C=O) groups is 6. The number of nitrogens with one attached hydrogen (secondary N) is 5. The summed E-state index contributed by atoms with van der Waals surface area (Å²) in [5.41, 5.74) is 6.89. The maximum atomic E-state index is 14.7. The Bertz CT molecular complexity index is 2830. The molecule has 2 saturated heterocycles. The molecule has 25 heteroatoms. The van der Waals surface area contributed by atoms with E-state index in [9.17, 15) is 46.3 Å². The van der Waals surface area contributed by atoms with Crippen LogP contribution in [0.2, 0.25) is 10.0 Å². The molecule has 5 amide bonds. The fourth-order valence-electron chi connectivity index (χ4n) is 7.61. The minimum absolute atomic E-state index is 0. The van der Waals surface area contributed by atoms with Crippen LogP contribution in [-0.2, 0) is 19.1 Å². The fourth-order valence-corrected chi connectivity index (χ4v) is 7.97. The average Bonchev–Trinajstić information content (AvgIpc) is 4.14. The lowest BCUT2D eigenvalue weighted by Gasteiger charge is -2.28. The van der Waals surface area contributed by atoms with Crippen molar-refractivity contribution in [3.8, 4) is 11.5 Å². The summed E-state index contributed by atoms with van der Waals surface area (Å²) >= 11 is 11.4. The van der Waals surface area contributed by atoms with Crippen LogP contribution in [0.4, 0.5) is 38.5 Å². The van der Waals surface area contributed by atoms with E-state index in [-0.39, 0.29) is 112 Å². The highest BCUT2D eigenvalue weighted by Crippen LogP contribution is 2.39. The predicted molar refractivity (Wildman–Crippen MR) is 254 cm³/mol. The standard InChI is InChI=1S/C22H20ClF2N3O5.C16H13ClF2N2O2.C9H11N3O3.ClH/c23-14-9-11(1-4-15(14)24)27-21(30)13-3-5-16(25)19-17(7-8-32-20(13)19)28-22(31)33-10-12-2-6-18(29)26-12;17-10-7-8(1-3-11(10)18)21-16(22)9-2-4-12(19)14-13(20)5-6-23-15(9)14;13-8-2-1-7(11-8)5-15-9(14)12-4-3-10-6-12;/h1,3-5,9,12,17H,2,6-8,10H2,(H,26,29)(H,27,30)(H,28,31);1-4,7,13H,5-6,20H2,(H,21,22);3-4,6-7H,1-2,5H2,(H,11,13);1H/t12-,17+;13-;7-;/m101./s1. The third-order valence-electron chi connectivity index (χ3n) is 11.2. The first-order chi connectivity index (χ1) is 34.0. The number of aromatic nitrogens is 2. The molecule has 0 unspecified atom stereocenters. The number of anilines is 2. The Hall–Kier alpha value is -7.14. The van der Waals surface area contributed by atoms with Crippen molar-refractivity contribution in [1.29, 1.82) is 0 Å². The number of halogens is 7. The molecular weight excluding hydrogens is 1020 g/mol. The molecule has 5 aromatic rings. The molecule has 5 heterocycles. The van der Waals surface area contributed by atoms with Crippen molar-refractivity contribution in [3.05, 3.63) is 135 Å². The summed E-state index contributed by atoms with van der Waals surface area (Å²) in [5.74, 6) is -3.45. The van der Waals surface area contributed by atoms with Crippen molar-refractivity contribution in [3.63, 3.8) is 0 Å². The molecular formula is C47H45Cl3F4N8O10. The van der Waals surface area contributed by atoms with Gasteiger partial charge in [0.15, 0.2) is 0 Å². The smallest absolute Gasteiger partial charge is 0.419 e. The summed E-state index contributed by atoms with van der Waals surface area (Å²) in [6, 6.07) is 10.8. The van der Waals surface area contributed by atoms with Gasteiger partial charge in [-0.2, -0.15) is 0 Å². The summed E-state index contributed by atoms with van der Waals surface area (Å²) in [6.45, 7) is 0.643. The number of benzene rings is 4. The SMILES string of the molecule is Cl.N[C@H]1CCOc2c(C(=O)Nc3ccc(F)c(Cl)c3)ccc(F)c21.O=C1CC[C@H](COC(=O)N[C@H]2CCOc3c(C(=O)Nc4ccc(F)c(Cl)c4)ccc(F)c32)N1.O=C1CC[C@H](COC(=O)n2ccnc2)N1. The van der Waals surface area contributed by atoms with Crippen molar-refractivity contribution < 1.29 is 65.3 Å². The van der Waals surface area contributed by atoms with E-state index in [4.69, 9.17) is 47.9 Å². The van der Waals surface area contributed by atoms with Gasteiger partial charge in [0, 0.05) is 61.1 Å². The lowest BCUT2D eigenvalue weighted by molar-refractivity contribution is -0.120. The number of alkyl carbamates (subject to hydrolysis) is 1. The van der Waals surface area contributed by atoms with Gasteiger partial charge in [0.25, 0.3) is 11.8 Å². The van der Waals surface area contributed by atoms with E-state index in [2.05, 4.69) is 31.6 Å². The molecule has 0 saturated carbocycles. The first-order valence-electron chi connectivity index (χ1n) is 21.9. The van der Waals surface area contributed by atoms with Gasteiger partial charge in [-0.1, -0.05) is 23.2 Å². The Morgan fingerprint density at radius 1 is 0.708 bits per heavy atom. The number of nitrogens with two attached hydrogens (primary N) is 1. The zero-order chi connectivity index (χ0) is 50.8. The Kier molecular flexibility index (Phi) is 18.7. The molecule has 4 aliphatic rings. The predicted octanol–water partition coefficient (Wildman–Crippen LogP) is 7.92. The van der Waals surface area contributed by atoms with Crippen molar-refractivity contribution in [1.82, 2.24) is 25.5 Å². The average molecular weight is 1060 g/mol. The second-order valence-electron chi connectivity index (χ2n) is 16.2. The summed E-state index contributed by atoms with van der Waals surface area (Å²) in [5, 5.41) is 12.9. The number of hydrogen-bond donors (Lipinski definition) is 6. The fraction of sp³-hybridized carbons (Fsp3) is 0.298. The van der Waals surface area contributed by atoms with Gasteiger partial charge in [0.1, 0.15) is 54.3 Å². The number of amides is 5. The molecule has 9 rings (SSSR count). The van der Waals surface area contributed by atoms with Crippen LogP contribution in [0.15, 0.2) is 79.4 Å². The number of rotatable bonds is 9. The zero-order valence-electron chi connectivity index (χ0n) is 37.6. The van der Waals surface area contributed by atoms with Crippen LogP contribution in [0.1, 0.15) is 82.5 Å². The van der Waals surface area contributed by atoms with Gasteiger partial charge in [-0.05, 0) is 73.5 Å². The Balaban J connectivity index is 0.000000189. The second kappa shape index (κ2) is 24.8. The number of hydrogen-bond acceptors (Lipinski definition) is 12. The van der Waals surface area contributed by atoms with Gasteiger partial charge in [0.05, 0.1) is 58.1 Å². The van der Waals surface area contributed by atoms with Gasteiger partial charge >= 0.3 is 12.2 Å². The number of nitrogens with zero attached hydrogens (tertiary/aromatic N) is 2. The molecule has 382 valence electrons. The molecule has 4 atom stereocenters. The minimum atomic E-state index is -0.785. The minimum Gasteiger partial charge on any atom is -0.492 e. The molecule has 72 heavy (non-hydrogen) atoms. The summed E-state index contributed by atoms with van der Waals surface area (Å²) < 4.78 is 77.6. The molecule has 0 bridgehead atoms. The molecule has 18 nitrogen and oxygen atoms in total. The molecule has 2 fully saturated rings. The van der Waals surface area contributed by atoms with E-state index < -0.39 is 59.4 Å². The van der Waals surface area contributed by atoms with Crippen LogP contribution < -0.4 is 41.8 Å². The van der Waals surface area contributed by atoms with Gasteiger partial charge in [-0.15, -0.1) is 12.4 Å². The Morgan fingerprint density at radius 3 is 1.71 bits per heavy atom. The van der Waals surface area contributed by atoms with Crippen molar-refractivity contribution in [2.75, 3.05) is 37.1 Å². The number of ether oxygens (including phenoxy) is 4. The maximum absolute atomic E-state index is 14.7. The van der Waals surface area contributed by atoms with Crippen molar-refractivity contribution >= 4 is 82.8 Å². The van der Waals surface area contributed by atoms with E-state index in [0.29, 0.717) is 38.0 Å². The molecule has 0 radical (unpaired) electrons. The van der Waals surface area contributed by atoms with E-state index in [1.807, 2.05) is 0 Å². The molecule has 0 spiro atoms. The van der Waals surface area contributed by atoms with Crippen LogP contribution in [0.5, 0.6) is 11.5 Å². The second-order valence-corrected chi connectivity index (χ2v) is 17.0. The van der Waals surface area contributed by atoms with Crippen molar-refractivity contribution in [2.45, 2.75) is 62.7 Å². The third-order valence-corrected chi connectivity index (χ3v) is 11.8. The quantitative estimate of drug-likeness (QED) is 0.0772.